The van der Waals surface area contributed by atoms with Crippen LogP contribution in [0.1, 0.15) is 64.4 Å². The Morgan fingerprint density at radius 2 is 1.67 bits per heavy atom. The predicted octanol–water partition coefficient (Wildman–Crippen LogP) is 2.56. The molecule has 0 radical (unpaired) electrons. The van der Waals surface area contributed by atoms with E-state index in [2.05, 4.69) is 5.32 Å². The van der Waals surface area contributed by atoms with E-state index >= 15 is 0 Å². The van der Waals surface area contributed by atoms with Crippen LogP contribution < -0.4 is 5.32 Å². The Hall–Kier alpha value is -2.47. The third-order valence-corrected chi connectivity index (χ3v) is 10.1. The summed E-state index contributed by atoms with van der Waals surface area (Å²) >= 11 is 0. The molecule has 2 saturated heterocycles. The highest BCUT2D eigenvalue weighted by Gasteiger charge is 2.50. The number of carbonyl (C=O) groups excluding carboxylic acids is 4. The van der Waals surface area contributed by atoms with Crippen LogP contribution in [0, 0.1) is 17.8 Å². The number of amides is 1. The number of rotatable bonds is 16. The average Bonchev–Trinajstić information content (AvgIpc) is 3.50. The molecule has 238 valence electrons. The summed E-state index contributed by atoms with van der Waals surface area (Å²) in [5, 5.41) is 2.88. The van der Waals surface area contributed by atoms with Gasteiger partial charge in [0.1, 0.15) is 11.4 Å². The van der Waals surface area contributed by atoms with Crippen molar-refractivity contribution in [3.8, 4) is 0 Å². The van der Waals surface area contributed by atoms with Crippen molar-refractivity contribution < 1.29 is 37.1 Å². The summed E-state index contributed by atoms with van der Waals surface area (Å²) in [6.45, 7) is 6.54. The first-order valence-electron chi connectivity index (χ1n) is 15.5. The lowest BCUT2D eigenvalue weighted by atomic mass is 9.81. The van der Waals surface area contributed by atoms with Crippen molar-refractivity contribution in [1.82, 2.24) is 10.2 Å². The fourth-order valence-electron chi connectivity index (χ4n) is 6.17. The number of sulfone groups is 1. The summed E-state index contributed by atoms with van der Waals surface area (Å²) < 4.78 is 34.6. The summed E-state index contributed by atoms with van der Waals surface area (Å²) in [4.78, 5) is 55.5. The summed E-state index contributed by atoms with van der Waals surface area (Å²) in [6, 6.07) is 5.31. The number of epoxide rings is 1. The Morgan fingerprint density at radius 1 is 1.05 bits per heavy atom. The van der Waals surface area contributed by atoms with Crippen molar-refractivity contribution in [2.75, 3.05) is 45.7 Å². The number of ketones is 3. The monoisotopic (exact) mass is 618 g/mol. The molecule has 0 aromatic heterocycles. The molecule has 43 heavy (non-hydrogen) atoms. The van der Waals surface area contributed by atoms with Gasteiger partial charge < -0.3 is 14.8 Å². The summed E-state index contributed by atoms with van der Waals surface area (Å²) in [7, 11) is -3.39. The molecule has 1 aliphatic carbocycles. The number of ether oxygens (including phenoxy) is 2. The molecule has 4 rings (SSSR count). The van der Waals surface area contributed by atoms with E-state index in [0.29, 0.717) is 50.8 Å². The van der Waals surface area contributed by atoms with Crippen LogP contribution in [0.15, 0.2) is 29.2 Å². The first kappa shape index (κ1) is 33.4. The maximum Gasteiger partial charge on any atom is 0.223 e. The molecule has 3 fully saturated rings. The van der Waals surface area contributed by atoms with Gasteiger partial charge in [0.15, 0.2) is 21.4 Å². The minimum absolute atomic E-state index is 0.00893. The highest BCUT2D eigenvalue weighted by atomic mass is 32.2. The van der Waals surface area contributed by atoms with Gasteiger partial charge in [0.2, 0.25) is 5.91 Å². The van der Waals surface area contributed by atoms with Gasteiger partial charge in [0.25, 0.3) is 0 Å². The number of nitrogens with zero attached hydrogens (tertiary/aromatic N) is 1. The second-order valence-corrected chi connectivity index (χ2v) is 14.9. The second-order valence-electron chi connectivity index (χ2n) is 12.9. The molecule has 0 spiro atoms. The molecule has 1 aromatic carbocycles. The molecule has 4 atom stereocenters. The van der Waals surface area contributed by atoms with Crippen LogP contribution in [0.4, 0.5) is 0 Å². The molecular formula is C32H46N2O8S. The molecule has 10 nitrogen and oxygen atoms in total. The fraction of sp³-hybridized carbons (Fsp3) is 0.688. The molecular weight excluding hydrogens is 572 g/mol. The minimum atomic E-state index is -3.39. The topological polar surface area (TPSA) is 139 Å². The van der Waals surface area contributed by atoms with E-state index in [4.69, 9.17) is 9.47 Å². The number of hydrogen-bond acceptors (Lipinski definition) is 9. The van der Waals surface area contributed by atoms with Gasteiger partial charge in [-0.05, 0) is 43.4 Å². The molecule has 11 heteroatoms. The van der Waals surface area contributed by atoms with Crippen molar-refractivity contribution in [2.24, 2.45) is 17.8 Å². The fourth-order valence-corrected chi connectivity index (χ4v) is 6.80. The predicted molar refractivity (Wildman–Crippen MR) is 160 cm³/mol. The summed E-state index contributed by atoms with van der Waals surface area (Å²) in [5.41, 5.74) is -0.169. The van der Waals surface area contributed by atoms with Crippen LogP contribution in [-0.2, 0) is 44.9 Å². The Morgan fingerprint density at radius 3 is 2.26 bits per heavy atom. The number of Topliss-reactive ketones (excluding diaryl/α,β-unsaturated/α-hetero) is 3. The minimum Gasteiger partial charge on any atom is -0.379 e. The zero-order valence-corrected chi connectivity index (χ0v) is 26.5. The van der Waals surface area contributed by atoms with Crippen molar-refractivity contribution in [1.29, 1.82) is 0 Å². The molecule has 2 aliphatic heterocycles. The lowest BCUT2D eigenvalue weighted by molar-refractivity contribution is -0.134. The Kier molecular flexibility index (Phi) is 11.3. The van der Waals surface area contributed by atoms with Crippen molar-refractivity contribution >= 4 is 33.1 Å². The lowest BCUT2D eigenvalue weighted by Crippen LogP contribution is -2.46. The molecule has 1 saturated carbocycles. The maximum absolute atomic E-state index is 13.9. The average molecular weight is 619 g/mol. The van der Waals surface area contributed by atoms with Crippen LogP contribution in [0.5, 0.6) is 0 Å². The Balaban J connectivity index is 1.46. The maximum atomic E-state index is 13.9. The van der Waals surface area contributed by atoms with Gasteiger partial charge in [-0.3, -0.25) is 24.1 Å². The van der Waals surface area contributed by atoms with Gasteiger partial charge in [-0.15, -0.1) is 0 Å². The van der Waals surface area contributed by atoms with E-state index in [0.717, 1.165) is 31.9 Å². The zero-order chi connectivity index (χ0) is 31.2. The molecule has 2 heterocycles. The van der Waals surface area contributed by atoms with Gasteiger partial charge in [-0.25, -0.2) is 8.42 Å². The van der Waals surface area contributed by atoms with Gasteiger partial charge >= 0.3 is 0 Å². The quantitative estimate of drug-likeness (QED) is 0.277. The van der Waals surface area contributed by atoms with Crippen LogP contribution >= 0.6 is 0 Å². The highest BCUT2D eigenvalue weighted by molar-refractivity contribution is 7.90. The SMILES string of the molecule is CC(CC(=O)CN1CCOCC1)C(=O)NC(Cc1ccc(S(C)(=O)=O)cc1)C(=O)CC(CC1CCCC1)C(=O)C1(C)CO1. The van der Waals surface area contributed by atoms with Gasteiger partial charge in [-0.1, -0.05) is 44.7 Å². The van der Waals surface area contributed by atoms with Gasteiger partial charge in [0.05, 0.1) is 37.3 Å². The third kappa shape index (κ3) is 9.76. The molecule has 1 amide bonds. The first-order chi connectivity index (χ1) is 20.3. The zero-order valence-electron chi connectivity index (χ0n) is 25.6. The van der Waals surface area contributed by atoms with Crippen molar-refractivity contribution in [2.45, 2.75) is 81.8 Å². The van der Waals surface area contributed by atoms with Crippen molar-refractivity contribution in [3.63, 3.8) is 0 Å². The third-order valence-electron chi connectivity index (χ3n) is 8.99. The standard InChI is InChI=1S/C32H46N2O8S/c1-22(16-26(35)20-34-12-14-41-15-13-34)31(38)33-28(18-24-8-10-27(11-9-24)43(3,39)40)29(36)19-25(17-23-6-4-5-7-23)30(37)32(2)21-42-32/h8-11,22-23,25,28H,4-7,12-21H2,1-3H3,(H,33,38). The summed E-state index contributed by atoms with van der Waals surface area (Å²) in [6.07, 6.45) is 6.26. The largest absolute Gasteiger partial charge is 0.379 e. The van der Waals surface area contributed by atoms with E-state index in [1.807, 2.05) is 4.90 Å². The number of morpholine rings is 1. The lowest BCUT2D eigenvalue weighted by Gasteiger charge is -2.26. The van der Waals surface area contributed by atoms with Crippen LogP contribution in [-0.4, -0.2) is 93.9 Å². The summed E-state index contributed by atoms with van der Waals surface area (Å²) in [5.74, 6) is -1.53. The second kappa shape index (κ2) is 14.5. The number of benzene rings is 1. The van der Waals surface area contributed by atoms with Crippen molar-refractivity contribution in [3.05, 3.63) is 29.8 Å². The number of hydrogen-bond donors (Lipinski definition) is 1. The van der Waals surface area contributed by atoms with Crippen LogP contribution in [0.25, 0.3) is 0 Å². The molecule has 1 N–H and O–H groups in total. The highest BCUT2D eigenvalue weighted by Crippen LogP contribution is 2.37. The Labute approximate surface area is 255 Å². The Bertz CT molecular complexity index is 1260. The van der Waals surface area contributed by atoms with E-state index in [1.165, 1.54) is 12.1 Å². The van der Waals surface area contributed by atoms with Gasteiger partial charge in [-0.2, -0.15) is 0 Å². The molecule has 3 aliphatic rings. The number of nitrogens with one attached hydrogen (secondary N) is 1. The molecule has 0 bridgehead atoms. The van der Waals surface area contributed by atoms with Gasteiger partial charge in [0, 0.05) is 44.0 Å². The van der Waals surface area contributed by atoms with Crippen LogP contribution in [0.2, 0.25) is 0 Å². The van der Waals surface area contributed by atoms with Crippen LogP contribution in [0.3, 0.4) is 0 Å². The van der Waals surface area contributed by atoms with E-state index in [-0.39, 0.29) is 48.1 Å². The number of carbonyl (C=O) groups is 4. The smallest absolute Gasteiger partial charge is 0.223 e. The molecule has 1 aromatic rings. The van der Waals surface area contributed by atoms with E-state index < -0.39 is 39.2 Å². The first-order valence-corrected chi connectivity index (χ1v) is 17.4. The normalized spacial score (nSPS) is 23.3. The van der Waals surface area contributed by atoms with E-state index in [9.17, 15) is 27.6 Å². The molecule has 4 unspecified atom stereocenters. The van der Waals surface area contributed by atoms with E-state index in [1.54, 1.807) is 26.0 Å².